The number of aromatic nitrogens is 2. The van der Waals surface area contributed by atoms with Crippen molar-refractivity contribution < 1.29 is 9.47 Å². The van der Waals surface area contributed by atoms with Crippen molar-refractivity contribution in [3.63, 3.8) is 0 Å². The third-order valence-electron chi connectivity index (χ3n) is 2.21. The molecule has 1 aromatic heterocycles. The third kappa shape index (κ3) is 5.44. The molecule has 0 aromatic carbocycles. The average molecular weight is 272 g/mol. The lowest BCUT2D eigenvalue weighted by molar-refractivity contribution is 0.179. The molecule has 7 heteroatoms. The van der Waals surface area contributed by atoms with Crippen LogP contribution in [0.3, 0.4) is 0 Å². The second-order valence-electron chi connectivity index (χ2n) is 3.94. The molecule has 0 radical (unpaired) electrons. The lowest BCUT2D eigenvalue weighted by Crippen LogP contribution is -2.38. The van der Waals surface area contributed by atoms with Gasteiger partial charge in [0.25, 0.3) is 0 Å². The zero-order valence-corrected chi connectivity index (χ0v) is 11.8. The van der Waals surface area contributed by atoms with E-state index in [-0.39, 0.29) is 6.04 Å². The predicted octanol–water partition coefficient (Wildman–Crippen LogP) is 0.851. The second-order valence-corrected chi connectivity index (χ2v) is 4.35. The van der Waals surface area contributed by atoms with Crippen LogP contribution in [0, 0.1) is 0 Å². The van der Waals surface area contributed by atoms with Crippen molar-refractivity contribution in [2.45, 2.75) is 19.5 Å². The van der Waals surface area contributed by atoms with Gasteiger partial charge in [0.2, 0.25) is 0 Å². The van der Waals surface area contributed by atoms with Gasteiger partial charge >= 0.3 is 0 Å². The first-order valence-corrected chi connectivity index (χ1v) is 6.14. The Kier molecular flexibility index (Phi) is 6.63. The number of nitrogens with zero attached hydrogens (tertiary/aromatic N) is 2. The molecule has 102 valence electrons. The largest absolute Gasteiger partial charge is 0.383 e. The Bertz CT molecular complexity index is 370. The topological polar surface area (TPSA) is 60.3 Å². The SMILES string of the molecule is COCCn1cc(NC(=S)NC(C)COC)cn1. The Morgan fingerprint density at radius 3 is 2.94 bits per heavy atom. The molecule has 1 aromatic rings. The van der Waals surface area contributed by atoms with Crippen molar-refractivity contribution in [3.8, 4) is 0 Å². The fraction of sp³-hybridized carbons (Fsp3) is 0.636. The first-order valence-electron chi connectivity index (χ1n) is 5.73. The van der Waals surface area contributed by atoms with E-state index in [1.165, 1.54) is 0 Å². The van der Waals surface area contributed by atoms with Crippen LogP contribution in [0.1, 0.15) is 6.92 Å². The highest BCUT2D eigenvalue weighted by molar-refractivity contribution is 7.80. The van der Waals surface area contributed by atoms with E-state index in [1.807, 2.05) is 13.1 Å². The summed E-state index contributed by atoms with van der Waals surface area (Å²) in [4.78, 5) is 0. The molecular weight excluding hydrogens is 252 g/mol. The minimum atomic E-state index is 0.165. The molecule has 1 unspecified atom stereocenters. The summed E-state index contributed by atoms with van der Waals surface area (Å²) in [6.07, 6.45) is 3.61. The van der Waals surface area contributed by atoms with Gasteiger partial charge in [0.1, 0.15) is 0 Å². The van der Waals surface area contributed by atoms with Crippen LogP contribution in [0.2, 0.25) is 0 Å². The number of rotatable bonds is 7. The van der Waals surface area contributed by atoms with Crippen LogP contribution in [-0.2, 0) is 16.0 Å². The number of thiocarbonyl (C=S) groups is 1. The highest BCUT2D eigenvalue weighted by Crippen LogP contribution is 2.04. The average Bonchev–Trinajstić information content (AvgIpc) is 2.74. The molecule has 1 rings (SSSR count). The molecule has 6 nitrogen and oxygen atoms in total. The molecule has 0 saturated heterocycles. The number of anilines is 1. The van der Waals surface area contributed by atoms with Gasteiger partial charge in [-0.2, -0.15) is 5.10 Å². The van der Waals surface area contributed by atoms with Gasteiger partial charge in [-0.15, -0.1) is 0 Å². The summed E-state index contributed by atoms with van der Waals surface area (Å²) in [7, 11) is 3.33. The van der Waals surface area contributed by atoms with Gasteiger partial charge in [-0.1, -0.05) is 0 Å². The fourth-order valence-corrected chi connectivity index (χ4v) is 1.74. The minimum Gasteiger partial charge on any atom is -0.383 e. The predicted molar refractivity (Wildman–Crippen MR) is 74.8 cm³/mol. The molecule has 0 bridgehead atoms. The van der Waals surface area contributed by atoms with Gasteiger partial charge < -0.3 is 20.1 Å². The van der Waals surface area contributed by atoms with E-state index >= 15 is 0 Å². The Morgan fingerprint density at radius 2 is 2.28 bits per heavy atom. The molecule has 0 spiro atoms. The number of nitrogens with one attached hydrogen (secondary N) is 2. The number of ether oxygens (including phenoxy) is 2. The fourth-order valence-electron chi connectivity index (χ4n) is 1.42. The molecule has 1 atom stereocenters. The standard InChI is InChI=1S/C11H20N4O2S/c1-9(8-17-3)13-11(18)14-10-6-12-15(7-10)4-5-16-2/h6-7,9H,4-5,8H2,1-3H3,(H2,13,14,18). The zero-order chi connectivity index (χ0) is 13.4. The van der Waals surface area contributed by atoms with Crippen molar-refractivity contribution >= 4 is 23.0 Å². The van der Waals surface area contributed by atoms with Crippen molar-refractivity contribution in [2.75, 3.05) is 32.8 Å². The maximum Gasteiger partial charge on any atom is 0.171 e. The molecule has 0 aliphatic heterocycles. The van der Waals surface area contributed by atoms with Gasteiger partial charge in [0, 0.05) is 26.5 Å². The van der Waals surface area contributed by atoms with Gasteiger partial charge in [-0.25, -0.2) is 0 Å². The van der Waals surface area contributed by atoms with Crippen molar-refractivity contribution in [2.24, 2.45) is 0 Å². The summed E-state index contributed by atoms with van der Waals surface area (Å²) < 4.78 is 11.8. The molecule has 0 saturated carbocycles. The highest BCUT2D eigenvalue weighted by Gasteiger charge is 2.05. The van der Waals surface area contributed by atoms with E-state index in [9.17, 15) is 0 Å². The summed E-state index contributed by atoms with van der Waals surface area (Å²) in [5.41, 5.74) is 0.855. The van der Waals surface area contributed by atoms with Crippen molar-refractivity contribution in [3.05, 3.63) is 12.4 Å². The van der Waals surface area contributed by atoms with E-state index < -0.39 is 0 Å². The first-order chi connectivity index (χ1) is 8.65. The molecule has 0 amide bonds. The molecule has 0 aliphatic carbocycles. The van der Waals surface area contributed by atoms with Crippen LogP contribution in [-0.4, -0.2) is 48.4 Å². The maximum atomic E-state index is 5.18. The van der Waals surface area contributed by atoms with E-state index in [0.717, 1.165) is 12.2 Å². The van der Waals surface area contributed by atoms with Crippen LogP contribution in [0.5, 0.6) is 0 Å². The summed E-state index contributed by atoms with van der Waals surface area (Å²) in [5.74, 6) is 0. The number of hydrogen-bond acceptors (Lipinski definition) is 4. The Labute approximate surface area is 113 Å². The molecule has 1 heterocycles. The maximum absolute atomic E-state index is 5.18. The second kappa shape index (κ2) is 8.02. The summed E-state index contributed by atoms with van der Waals surface area (Å²) in [6, 6.07) is 0.165. The lowest BCUT2D eigenvalue weighted by Gasteiger charge is -2.15. The van der Waals surface area contributed by atoms with E-state index in [2.05, 4.69) is 15.7 Å². The smallest absolute Gasteiger partial charge is 0.171 e. The Morgan fingerprint density at radius 1 is 1.50 bits per heavy atom. The van der Waals surface area contributed by atoms with Crippen molar-refractivity contribution in [1.82, 2.24) is 15.1 Å². The van der Waals surface area contributed by atoms with Crippen LogP contribution < -0.4 is 10.6 Å². The van der Waals surface area contributed by atoms with E-state index in [4.69, 9.17) is 21.7 Å². The van der Waals surface area contributed by atoms with Crippen LogP contribution in [0.25, 0.3) is 0 Å². The van der Waals surface area contributed by atoms with Gasteiger partial charge in [0.05, 0.1) is 31.6 Å². The first kappa shape index (κ1) is 14.9. The summed E-state index contributed by atoms with van der Waals surface area (Å²) >= 11 is 5.18. The normalized spacial score (nSPS) is 12.2. The molecule has 2 N–H and O–H groups in total. The quantitative estimate of drug-likeness (QED) is 0.718. The van der Waals surface area contributed by atoms with Crippen LogP contribution in [0.15, 0.2) is 12.4 Å². The van der Waals surface area contributed by atoms with Crippen molar-refractivity contribution in [1.29, 1.82) is 0 Å². The number of methoxy groups -OCH3 is 2. The molecule has 0 aliphatic rings. The number of hydrogen-bond donors (Lipinski definition) is 2. The summed E-state index contributed by atoms with van der Waals surface area (Å²) in [6.45, 7) is 3.96. The molecule has 0 fully saturated rings. The third-order valence-corrected chi connectivity index (χ3v) is 2.43. The van der Waals surface area contributed by atoms with Crippen LogP contribution >= 0.6 is 12.2 Å². The van der Waals surface area contributed by atoms with Crippen LogP contribution in [0.4, 0.5) is 5.69 Å². The monoisotopic (exact) mass is 272 g/mol. The molecular formula is C11H20N4O2S. The van der Waals surface area contributed by atoms with E-state index in [0.29, 0.717) is 18.3 Å². The van der Waals surface area contributed by atoms with Gasteiger partial charge in [0.15, 0.2) is 5.11 Å². The minimum absolute atomic E-state index is 0.165. The lowest BCUT2D eigenvalue weighted by atomic mass is 10.4. The Hall–Kier alpha value is -1.18. The van der Waals surface area contributed by atoms with E-state index in [1.54, 1.807) is 25.1 Å². The van der Waals surface area contributed by atoms with Gasteiger partial charge in [-0.3, -0.25) is 4.68 Å². The Balaban J connectivity index is 2.37. The zero-order valence-electron chi connectivity index (χ0n) is 11.0. The highest BCUT2D eigenvalue weighted by atomic mass is 32.1. The van der Waals surface area contributed by atoms with Gasteiger partial charge in [-0.05, 0) is 19.1 Å². The summed E-state index contributed by atoms with van der Waals surface area (Å²) in [5, 5.41) is 10.9. The molecule has 18 heavy (non-hydrogen) atoms.